The molecule has 0 aromatic carbocycles. The SMILES string of the molecule is COCCNC(=O)N1CC(c2nc(C3CCN(C(C)=O)CC3)no2)C1. The largest absolute Gasteiger partial charge is 0.383 e. The lowest BCUT2D eigenvalue weighted by Gasteiger charge is -2.36. The lowest BCUT2D eigenvalue weighted by Crippen LogP contribution is -2.53. The predicted octanol–water partition coefficient (Wildman–Crippen LogP) is 0.551. The third-order valence-electron chi connectivity index (χ3n) is 4.86. The van der Waals surface area contributed by atoms with Crippen molar-refractivity contribution < 1.29 is 18.8 Å². The van der Waals surface area contributed by atoms with Crippen molar-refractivity contribution in [2.24, 2.45) is 0 Å². The van der Waals surface area contributed by atoms with E-state index < -0.39 is 0 Å². The zero-order valence-corrected chi connectivity index (χ0v) is 14.7. The van der Waals surface area contributed by atoms with Crippen LogP contribution in [-0.4, -0.2) is 78.3 Å². The van der Waals surface area contributed by atoms with Gasteiger partial charge in [0.1, 0.15) is 0 Å². The van der Waals surface area contributed by atoms with Gasteiger partial charge in [-0.2, -0.15) is 4.98 Å². The summed E-state index contributed by atoms with van der Waals surface area (Å²) < 4.78 is 10.3. The van der Waals surface area contributed by atoms with Crippen LogP contribution in [0, 0.1) is 0 Å². The first-order chi connectivity index (χ1) is 12.1. The van der Waals surface area contributed by atoms with E-state index in [0.29, 0.717) is 32.1 Å². The Kier molecular flexibility index (Phi) is 5.52. The molecule has 25 heavy (non-hydrogen) atoms. The van der Waals surface area contributed by atoms with Crippen molar-refractivity contribution >= 4 is 11.9 Å². The number of urea groups is 1. The van der Waals surface area contributed by atoms with E-state index in [1.807, 2.05) is 4.90 Å². The second kappa shape index (κ2) is 7.81. The minimum Gasteiger partial charge on any atom is -0.383 e. The molecule has 0 radical (unpaired) electrons. The fraction of sp³-hybridized carbons (Fsp3) is 0.750. The van der Waals surface area contributed by atoms with Crippen molar-refractivity contribution in [2.75, 3.05) is 46.4 Å². The third-order valence-corrected chi connectivity index (χ3v) is 4.86. The highest BCUT2D eigenvalue weighted by atomic mass is 16.5. The highest BCUT2D eigenvalue weighted by molar-refractivity contribution is 5.75. The van der Waals surface area contributed by atoms with E-state index in [2.05, 4.69) is 15.5 Å². The molecule has 9 heteroatoms. The van der Waals surface area contributed by atoms with Crippen LogP contribution in [0.4, 0.5) is 4.79 Å². The molecule has 0 saturated carbocycles. The van der Waals surface area contributed by atoms with E-state index in [0.717, 1.165) is 31.8 Å². The Balaban J connectivity index is 1.46. The van der Waals surface area contributed by atoms with Gasteiger partial charge in [-0.1, -0.05) is 5.16 Å². The van der Waals surface area contributed by atoms with Gasteiger partial charge < -0.3 is 24.4 Å². The molecule has 3 heterocycles. The minimum absolute atomic E-state index is 0.0929. The summed E-state index contributed by atoms with van der Waals surface area (Å²) in [6, 6.07) is -0.0929. The molecule has 0 bridgehead atoms. The maximum atomic E-state index is 11.9. The number of piperidine rings is 1. The van der Waals surface area contributed by atoms with Crippen LogP contribution in [0.5, 0.6) is 0 Å². The first-order valence-corrected chi connectivity index (χ1v) is 8.69. The van der Waals surface area contributed by atoms with Crippen molar-refractivity contribution in [3.8, 4) is 0 Å². The second-order valence-corrected chi connectivity index (χ2v) is 6.60. The van der Waals surface area contributed by atoms with Crippen molar-refractivity contribution in [3.05, 3.63) is 11.7 Å². The number of carbonyl (C=O) groups is 2. The fourth-order valence-corrected chi connectivity index (χ4v) is 3.20. The molecule has 0 unspecified atom stereocenters. The zero-order valence-electron chi connectivity index (χ0n) is 14.7. The molecule has 1 N–H and O–H groups in total. The monoisotopic (exact) mass is 351 g/mol. The number of rotatable bonds is 5. The van der Waals surface area contributed by atoms with Crippen LogP contribution in [0.25, 0.3) is 0 Å². The molecule has 2 saturated heterocycles. The number of carbonyl (C=O) groups excluding carboxylic acids is 2. The number of hydrogen-bond acceptors (Lipinski definition) is 6. The highest BCUT2D eigenvalue weighted by Gasteiger charge is 2.36. The molecule has 3 rings (SSSR count). The number of nitrogens with zero attached hydrogens (tertiary/aromatic N) is 4. The van der Waals surface area contributed by atoms with Crippen LogP contribution >= 0.6 is 0 Å². The Morgan fingerprint density at radius 3 is 2.60 bits per heavy atom. The molecule has 0 atom stereocenters. The summed E-state index contributed by atoms with van der Waals surface area (Å²) in [5, 5.41) is 6.91. The van der Waals surface area contributed by atoms with E-state index >= 15 is 0 Å². The normalized spacial score (nSPS) is 19.0. The molecule has 3 amide bonds. The van der Waals surface area contributed by atoms with E-state index in [9.17, 15) is 9.59 Å². The van der Waals surface area contributed by atoms with Gasteiger partial charge in [-0.25, -0.2) is 4.79 Å². The van der Waals surface area contributed by atoms with E-state index in [4.69, 9.17) is 9.26 Å². The molecule has 0 spiro atoms. The third kappa shape index (κ3) is 4.09. The summed E-state index contributed by atoms with van der Waals surface area (Å²) >= 11 is 0. The summed E-state index contributed by atoms with van der Waals surface area (Å²) in [4.78, 5) is 31.4. The predicted molar refractivity (Wildman–Crippen MR) is 88.1 cm³/mol. The first kappa shape index (κ1) is 17.7. The lowest BCUT2D eigenvalue weighted by atomic mass is 9.96. The molecular weight excluding hydrogens is 326 g/mol. The van der Waals surface area contributed by atoms with Crippen LogP contribution in [0.2, 0.25) is 0 Å². The maximum Gasteiger partial charge on any atom is 0.317 e. The van der Waals surface area contributed by atoms with Crippen molar-refractivity contribution in [2.45, 2.75) is 31.6 Å². The Morgan fingerprint density at radius 1 is 1.24 bits per heavy atom. The molecule has 2 fully saturated rings. The van der Waals surface area contributed by atoms with Crippen LogP contribution in [0.1, 0.15) is 43.3 Å². The van der Waals surface area contributed by atoms with Crippen molar-refractivity contribution in [3.63, 3.8) is 0 Å². The Morgan fingerprint density at radius 2 is 1.96 bits per heavy atom. The fourth-order valence-electron chi connectivity index (χ4n) is 3.20. The average molecular weight is 351 g/mol. The zero-order chi connectivity index (χ0) is 17.8. The van der Waals surface area contributed by atoms with Crippen LogP contribution in [0.15, 0.2) is 4.52 Å². The van der Waals surface area contributed by atoms with E-state index in [-0.39, 0.29) is 23.8 Å². The summed E-state index contributed by atoms with van der Waals surface area (Å²) in [5.41, 5.74) is 0. The van der Waals surface area contributed by atoms with E-state index in [1.54, 1.807) is 18.9 Å². The molecule has 1 aromatic rings. The van der Waals surface area contributed by atoms with Gasteiger partial charge in [0.05, 0.1) is 12.5 Å². The standard InChI is InChI=1S/C16H25N5O4/c1-11(22)20-6-3-12(4-7-20)14-18-15(25-19-14)13-9-21(10-13)16(23)17-5-8-24-2/h12-13H,3-10H2,1-2H3,(H,17,23). The van der Waals surface area contributed by atoms with Gasteiger partial charge in [0, 0.05) is 52.7 Å². The summed E-state index contributed by atoms with van der Waals surface area (Å²) in [6.45, 7) is 5.25. The van der Waals surface area contributed by atoms with Gasteiger partial charge in [-0.05, 0) is 12.8 Å². The maximum absolute atomic E-state index is 11.9. The van der Waals surface area contributed by atoms with Gasteiger partial charge in [0.25, 0.3) is 0 Å². The van der Waals surface area contributed by atoms with Crippen LogP contribution in [-0.2, 0) is 9.53 Å². The van der Waals surface area contributed by atoms with Gasteiger partial charge >= 0.3 is 6.03 Å². The number of amides is 3. The second-order valence-electron chi connectivity index (χ2n) is 6.60. The Hall–Kier alpha value is -2.16. The smallest absolute Gasteiger partial charge is 0.317 e. The number of likely N-dealkylation sites (tertiary alicyclic amines) is 2. The molecule has 9 nitrogen and oxygen atoms in total. The number of hydrogen-bond donors (Lipinski definition) is 1. The van der Waals surface area contributed by atoms with Crippen molar-refractivity contribution in [1.29, 1.82) is 0 Å². The average Bonchev–Trinajstić information content (AvgIpc) is 3.03. The molecule has 138 valence electrons. The topological polar surface area (TPSA) is 101 Å². The van der Waals surface area contributed by atoms with Gasteiger partial charge in [-0.3, -0.25) is 4.79 Å². The summed E-state index contributed by atoms with van der Waals surface area (Å²) in [6.07, 6.45) is 1.72. The Bertz CT molecular complexity index is 605. The highest BCUT2D eigenvalue weighted by Crippen LogP contribution is 2.30. The minimum atomic E-state index is -0.0929. The van der Waals surface area contributed by atoms with Crippen LogP contribution in [0.3, 0.4) is 0 Å². The molecular formula is C16H25N5O4. The van der Waals surface area contributed by atoms with E-state index in [1.165, 1.54) is 0 Å². The van der Waals surface area contributed by atoms with Gasteiger partial charge in [0.2, 0.25) is 11.8 Å². The summed E-state index contributed by atoms with van der Waals surface area (Å²) in [5.74, 6) is 1.78. The van der Waals surface area contributed by atoms with Gasteiger partial charge in [0.15, 0.2) is 5.82 Å². The quantitative estimate of drug-likeness (QED) is 0.778. The number of aromatic nitrogens is 2. The molecule has 0 aliphatic carbocycles. The first-order valence-electron chi connectivity index (χ1n) is 8.69. The lowest BCUT2D eigenvalue weighted by molar-refractivity contribution is -0.129. The van der Waals surface area contributed by atoms with Gasteiger partial charge in [-0.15, -0.1) is 0 Å². The Labute approximate surface area is 146 Å². The van der Waals surface area contributed by atoms with Crippen molar-refractivity contribution in [1.82, 2.24) is 25.3 Å². The molecule has 2 aliphatic heterocycles. The van der Waals surface area contributed by atoms with Crippen LogP contribution < -0.4 is 5.32 Å². The number of nitrogens with one attached hydrogen (secondary N) is 1. The number of ether oxygens (including phenoxy) is 1. The summed E-state index contributed by atoms with van der Waals surface area (Å²) in [7, 11) is 1.60. The molecule has 2 aliphatic rings. The molecule has 1 aromatic heterocycles. The number of methoxy groups -OCH3 is 1.